The maximum Gasteiger partial charge on any atom is 0.416 e. The first-order valence-corrected chi connectivity index (χ1v) is 9.74. The number of urea groups is 1. The number of aromatic nitrogens is 2. The van der Waals surface area contributed by atoms with E-state index in [1.54, 1.807) is 11.8 Å². The Bertz CT molecular complexity index is 835. The van der Waals surface area contributed by atoms with Gasteiger partial charge in [-0.25, -0.2) is 4.79 Å². The number of aryl methyl sites for hydroxylation is 1. The highest BCUT2D eigenvalue weighted by atomic mass is 19.4. The number of carbonyl (C=O) groups excluding carboxylic acids is 1. The molecule has 6 nitrogen and oxygen atoms in total. The molecule has 1 aliphatic rings. The van der Waals surface area contributed by atoms with E-state index in [4.69, 9.17) is 4.52 Å². The summed E-state index contributed by atoms with van der Waals surface area (Å²) in [7, 11) is 0. The molecule has 1 N–H and O–H groups in total. The van der Waals surface area contributed by atoms with Crippen molar-refractivity contribution in [1.82, 2.24) is 15.0 Å². The number of amides is 2. The van der Waals surface area contributed by atoms with Crippen LogP contribution in [0.5, 0.6) is 0 Å². The topological polar surface area (TPSA) is 71.3 Å². The molecule has 3 atom stereocenters. The molecule has 1 fully saturated rings. The van der Waals surface area contributed by atoms with Gasteiger partial charge in [0, 0.05) is 18.3 Å². The first kappa shape index (κ1) is 21.1. The van der Waals surface area contributed by atoms with Crippen molar-refractivity contribution in [2.75, 3.05) is 11.9 Å². The molecular weight excluding hydrogens is 385 g/mol. The molecule has 3 unspecified atom stereocenters. The van der Waals surface area contributed by atoms with Crippen molar-refractivity contribution < 1.29 is 22.5 Å². The largest absolute Gasteiger partial charge is 0.416 e. The number of piperidine rings is 1. The lowest BCUT2D eigenvalue weighted by Gasteiger charge is -2.41. The van der Waals surface area contributed by atoms with E-state index in [2.05, 4.69) is 22.4 Å². The maximum atomic E-state index is 13.0. The highest BCUT2D eigenvalue weighted by Crippen LogP contribution is 2.34. The number of carbonyl (C=O) groups is 1. The van der Waals surface area contributed by atoms with Gasteiger partial charge in [-0.15, -0.1) is 0 Å². The Labute approximate surface area is 167 Å². The van der Waals surface area contributed by atoms with E-state index in [1.165, 1.54) is 12.1 Å². The highest BCUT2D eigenvalue weighted by molar-refractivity contribution is 5.89. The van der Waals surface area contributed by atoms with E-state index < -0.39 is 11.7 Å². The van der Waals surface area contributed by atoms with Gasteiger partial charge in [0.05, 0.1) is 11.5 Å². The van der Waals surface area contributed by atoms with E-state index in [9.17, 15) is 18.0 Å². The molecule has 1 aliphatic heterocycles. The van der Waals surface area contributed by atoms with E-state index in [0.717, 1.165) is 31.4 Å². The fourth-order valence-corrected chi connectivity index (χ4v) is 3.75. The molecule has 0 radical (unpaired) electrons. The lowest BCUT2D eigenvalue weighted by molar-refractivity contribution is -0.137. The molecular formula is C20H25F3N4O2. The summed E-state index contributed by atoms with van der Waals surface area (Å²) in [5.74, 6) is 1.25. The maximum absolute atomic E-state index is 13.0. The third-order valence-electron chi connectivity index (χ3n) is 5.54. The van der Waals surface area contributed by atoms with Crippen molar-refractivity contribution >= 4 is 11.7 Å². The van der Waals surface area contributed by atoms with E-state index in [1.807, 2.05) is 6.92 Å². The van der Waals surface area contributed by atoms with E-state index in [0.29, 0.717) is 29.9 Å². The number of alkyl halides is 3. The minimum atomic E-state index is -4.41. The smallest absolute Gasteiger partial charge is 0.339 e. The van der Waals surface area contributed by atoms with Crippen LogP contribution in [0.25, 0.3) is 0 Å². The number of likely N-dealkylation sites (tertiary alicyclic amines) is 1. The average molecular weight is 410 g/mol. The van der Waals surface area contributed by atoms with Gasteiger partial charge in [0.15, 0.2) is 5.82 Å². The van der Waals surface area contributed by atoms with Crippen molar-refractivity contribution in [3.63, 3.8) is 0 Å². The summed E-state index contributed by atoms with van der Waals surface area (Å²) in [5.41, 5.74) is -0.431. The van der Waals surface area contributed by atoms with Crippen molar-refractivity contribution in [1.29, 1.82) is 0 Å². The van der Waals surface area contributed by atoms with E-state index in [-0.39, 0.29) is 18.0 Å². The molecule has 3 rings (SSSR count). The van der Waals surface area contributed by atoms with Crippen molar-refractivity contribution in [3.05, 3.63) is 41.5 Å². The Kier molecular flexibility index (Phi) is 6.14. The molecule has 1 aromatic heterocycles. The lowest BCUT2D eigenvalue weighted by atomic mass is 9.85. The molecule has 29 heavy (non-hydrogen) atoms. The Morgan fingerprint density at radius 3 is 2.55 bits per heavy atom. The second-order valence-corrected chi connectivity index (χ2v) is 7.55. The Hall–Kier alpha value is -2.58. The third-order valence-corrected chi connectivity index (χ3v) is 5.54. The zero-order valence-electron chi connectivity index (χ0n) is 16.7. The van der Waals surface area contributed by atoms with Crippen LogP contribution in [0, 0.1) is 12.8 Å². The van der Waals surface area contributed by atoms with Gasteiger partial charge in [0.2, 0.25) is 5.89 Å². The first-order valence-electron chi connectivity index (χ1n) is 9.74. The summed E-state index contributed by atoms with van der Waals surface area (Å²) in [4.78, 5) is 19.0. The SMILES string of the molecule is CCC1CCC(C(C)c2nc(C)no2)N(C(=O)Nc2ccc(C(F)(F)F)cc2)C1. The van der Waals surface area contributed by atoms with Gasteiger partial charge in [0.1, 0.15) is 0 Å². The van der Waals surface area contributed by atoms with Gasteiger partial charge in [0.25, 0.3) is 0 Å². The fraction of sp³-hybridized carbons (Fsp3) is 0.550. The molecule has 2 heterocycles. The van der Waals surface area contributed by atoms with Gasteiger partial charge in [-0.1, -0.05) is 25.4 Å². The molecule has 0 saturated carbocycles. The molecule has 1 saturated heterocycles. The summed E-state index contributed by atoms with van der Waals surface area (Å²) in [6.45, 7) is 6.35. The van der Waals surface area contributed by atoms with E-state index >= 15 is 0 Å². The average Bonchev–Trinajstić information content (AvgIpc) is 3.13. The summed E-state index contributed by atoms with van der Waals surface area (Å²) < 4.78 is 43.5. The summed E-state index contributed by atoms with van der Waals surface area (Å²) in [5, 5.41) is 6.56. The van der Waals surface area contributed by atoms with Gasteiger partial charge in [-0.2, -0.15) is 18.2 Å². The number of nitrogens with one attached hydrogen (secondary N) is 1. The second-order valence-electron chi connectivity index (χ2n) is 7.55. The molecule has 9 heteroatoms. The van der Waals surface area contributed by atoms with Crippen molar-refractivity contribution in [2.24, 2.45) is 5.92 Å². The number of nitrogens with zero attached hydrogens (tertiary/aromatic N) is 3. The monoisotopic (exact) mass is 410 g/mol. The molecule has 0 bridgehead atoms. The summed E-state index contributed by atoms with van der Waals surface area (Å²) in [6.07, 6.45) is -1.68. The molecule has 2 amide bonds. The Morgan fingerprint density at radius 1 is 1.31 bits per heavy atom. The fourth-order valence-electron chi connectivity index (χ4n) is 3.75. The molecule has 158 valence electrons. The first-order chi connectivity index (χ1) is 13.7. The van der Waals surface area contributed by atoms with Crippen molar-refractivity contribution in [3.8, 4) is 0 Å². The van der Waals surface area contributed by atoms with Crippen LogP contribution in [0.4, 0.5) is 23.7 Å². The number of benzene rings is 1. The molecule has 1 aromatic carbocycles. The summed E-state index contributed by atoms with van der Waals surface area (Å²) >= 11 is 0. The highest BCUT2D eigenvalue weighted by Gasteiger charge is 2.37. The van der Waals surface area contributed by atoms with Crippen LogP contribution in [-0.4, -0.2) is 33.7 Å². The number of halogens is 3. The lowest BCUT2D eigenvalue weighted by Crippen LogP contribution is -2.50. The van der Waals surface area contributed by atoms with Crippen LogP contribution < -0.4 is 5.32 Å². The predicted molar refractivity (Wildman–Crippen MR) is 101 cm³/mol. The van der Waals surface area contributed by atoms with Crippen LogP contribution >= 0.6 is 0 Å². The standard InChI is InChI=1S/C20H25F3N4O2/c1-4-14-5-10-17(12(2)18-24-13(3)26-29-18)27(11-14)19(28)25-16-8-6-15(7-9-16)20(21,22)23/h6-9,12,14,17H,4-5,10-11H2,1-3H3,(H,25,28). The van der Waals surface area contributed by atoms with Gasteiger partial charge in [-0.05, 0) is 49.9 Å². The Morgan fingerprint density at radius 2 is 2.00 bits per heavy atom. The molecule has 0 spiro atoms. The number of hydrogen-bond acceptors (Lipinski definition) is 4. The number of rotatable bonds is 4. The normalized spacial score (nSPS) is 21.1. The Balaban J connectivity index is 1.76. The minimum Gasteiger partial charge on any atom is -0.339 e. The summed E-state index contributed by atoms with van der Waals surface area (Å²) in [6, 6.07) is 3.98. The van der Waals surface area contributed by atoms with Crippen LogP contribution in [-0.2, 0) is 6.18 Å². The molecule has 2 aromatic rings. The number of anilines is 1. The van der Waals surface area contributed by atoms with Crippen molar-refractivity contribution in [2.45, 2.75) is 58.2 Å². The molecule has 0 aliphatic carbocycles. The van der Waals surface area contributed by atoms with Gasteiger partial charge < -0.3 is 14.7 Å². The predicted octanol–water partition coefficient (Wildman–Crippen LogP) is 5.22. The zero-order valence-corrected chi connectivity index (χ0v) is 16.7. The van der Waals surface area contributed by atoms with Gasteiger partial charge >= 0.3 is 12.2 Å². The van der Waals surface area contributed by atoms with Crippen LogP contribution in [0.1, 0.15) is 56.3 Å². The third kappa shape index (κ3) is 4.89. The number of hydrogen-bond donors (Lipinski definition) is 1. The van der Waals surface area contributed by atoms with Gasteiger partial charge in [-0.3, -0.25) is 0 Å². The second kappa shape index (κ2) is 8.42. The van der Waals surface area contributed by atoms with Crippen LogP contribution in [0.15, 0.2) is 28.8 Å². The minimum absolute atomic E-state index is 0.132. The quantitative estimate of drug-likeness (QED) is 0.750. The van der Waals surface area contributed by atoms with Crippen LogP contribution in [0.2, 0.25) is 0 Å². The van der Waals surface area contributed by atoms with Crippen LogP contribution in [0.3, 0.4) is 0 Å². The zero-order chi connectivity index (χ0) is 21.2.